The van der Waals surface area contributed by atoms with Crippen LogP contribution in [0, 0.1) is 23.3 Å². The van der Waals surface area contributed by atoms with Crippen molar-refractivity contribution in [1.29, 1.82) is 0 Å². The van der Waals surface area contributed by atoms with Gasteiger partial charge in [-0.05, 0) is 61.4 Å². The first-order valence-electron chi connectivity index (χ1n) is 14.7. The van der Waals surface area contributed by atoms with Crippen molar-refractivity contribution in [3.05, 3.63) is 101 Å². The maximum Gasteiger partial charge on any atom is 0.162 e. The van der Waals surface area contributed by atoms with Gasteiger partial charge in [0, 0.05) is 49.2 Å². The fourth-order valence-electron chi connectivity index (χ4n) is 5.89. The van der Waals surface area contributed by atoms with Crippen LogP contribution in [-0.2, 0) is 25.9 Å². The molecule has 0 amide bonds. The lowest BCUT2D eigenvalue weighted by Crippen LogP contribution is -2.09. The Balaban J connectivity index is 0.000000150. The van der Waals surface area contributed by atoms with Gasteiger partial charge in [-0.1, -0.05) is 11.6 Å². The van der Waals surface area contributed by atoms with E-state index < -0.39 is 23.3 Å². The van der Waals surface area contributed by atoms with Crippen molar-refractivity contribution in [2.24, 2.45) is 5.84 Å². The van der Waals surface area contributed by atoms with Crippen molar-refractivity contribution in [2.45, 2.75) is 38.8 Å². The highest BCUT2D eigenvalue weighted by Crippen LogP contribution is 2.37. The van der Waals surface area contributed by atoms with Crippen LogP contribution in [0.15, 0.2) is 60.7 Å². The molecule has 8 rings (SSSR count). The van der Waals surface area contributed by atoms with Gasteiger partial charge >= 0.3 is 0 Å². The molecule has 0 spiro atoms. The average Bonchev–Trinajstić information content (AvgIpc) is 3.84. The van der Waals surface area contributed by atoms with Crippen molar-refractivity contribution in [3.8, 4) is 45.3 Å². The minimum Gasteiger partial charge on any atom is -0.326 e. The van der Waals surface area contributed by atoms with Gasteiger partial charge in [0.2, 0.25) is 0 Å². The van der Waals surface area contributed by atoms with Crippen LogP contribution >= 0.6 is 11.6 Å². The summed E-state index contributed by atoms with van der Waals surface area (Å²) in [7, 11) is 0. The molecule has 15 heteroatoms. The van der Waals surface area contributed by atoms with Crippen LogP contribution in [0.25, 0.3) is 45.3 Å². The number of hydrazine groups is 1. The van der Waals surface area contributed by atoms with Crippen molar-refractivity contribution in [2.75, 3.05) is 5.43 Å². The Bertz CT molecular complexity index is 2100. The van der Waals surface area contributed by atoms with Gasteiger partial charge in [0.05, 0.1) is 11.4 Å². The van der Waals surface area contributed by atoms with Crippen molar-refractivity contribution >= 4 is 17.4 Å². The van der Waals surface area contributed by atoms with Gasteiger partial charge in [-0.25, -0.2) is 33.4 Å². The highest BCUT2D eigenvalue weighted by atomic mass is 35.5. The molecular weight excluding hydrogens is 636 g/mol. The first-order valence-corrected chi connectivity index (χ1v) is 15.1. The Kier molecular flexibility index (Phi) is 8.12. The molecule has 238 valence electrons. The summed E-state index contributed by atoms with van der Waals surface area (Å²) in [5.41, 5.74) is 6.31. The topological polar surface area (TPSA) is 125 Å². The second-order valence-electron chi connectivity index (χ2n) is 10.9. The number of anilines is 1. The standard InChI is InChI=1S/C16H11ClF2N4.C16H14F2N6/c17-13-6-5-12(21-22-13)16-15(20-14-2-1-7-23(14)16)10-4-3-9(18)8-11(10)19;17-9-3-4-10(11(18)8-9)15-16(24-7-1-2-14(24)20-15)12-5-6-13(21-19)23-22-12/h3-6,8H,1-2,7H2;3-6,8H,1-2,7,19H2,(H,21,23). The summed E-state index contributed by atoms with van der Waals surface area (Å²) in [6, 6.07) is 13.7. The van der Waals surface area contributed by atoms with E-state index in [9.17, 15) is 17.6 Å². The van der Waals surface area contributed by atoms with E-state index in [0.29, 0.717) is 40.0 Å². The summed E-state index contributed by atoms with van der Waals surface area (Å²) in [6.07, 6.45) is 3.57. The minimum absolute atomic E-state index is 0.246. The fraction of sp³-hybridized carbons (Fsp3) is 0.188. The lowest BCUT2D eigenvalue weighted by molar-refractivity contribution is 0.584. The molecule has 0 atom stereocenters. The molecule has 0 unspecified atom stereocenters. The van der Waals surface area contributed by atoms with Gasteiger partial charge in [-0.2, -0.15) is 0 Å². The van der Waals surface area contributed by atoms with E-state index in [1.54, 1.807) is 24.3 Å². The second kappa shape index (κ2) is 12.5. The summed E-state index contributed by atoms with van der Waals surface area (Å²) in [5, 5.41) is 16.3. The predicted octanol–water partition coefficient (Wildman–Crippen LogP) is 6.40. The number of hydrogen-bond acceptors (Lipinski definition) is 8. The minimum atomic E-state index is -0.652. The summed E-state index contributed by atoms with van der Waals surface area (Å²) in [5.74, 6) is 4.93. The van der Waals surface area contributed by atoms with Crippen LogP contribution in [0.3, 0.4) is 0 Å². The van der Waals surface area contributed by atoms with Crippen LogP contribution in [0.4, 0.5) is 23.4 Å². The van der Waals surface area contributed by atoms with Crippen molar-refractivity contribution < 1.29 is 17.6 Å². The molecule has 6 heterocycles. The second-order valence-corrected chi connectivity index (χ2v) is 11.3. The zero-order valence-electron chi connectivity index (χ0n) is 24.6. The molecule has 0 fully saturated rings. The molecule has 2 aliphatic rings. The number of fused-ring (bicyclic) bond motifs is 2. The maximum atomic E-state index is 14.3. The predicted molar refractivity (Wildman–Crippen MR) is 167 cm³/mol. The van der Waals surface area contributed by atoms with Gasteiger partial charge in [-0.15, -0.1) is 20.4 Å². The third-order valence-corrected chi connectivity index (χ3v) is 8.16. The van der Waals surface area contributed by atoms with Gasteiger partial charge in [0.25, 0.3) is 0 Å². The zero-order chi connectivity index (χ0) is 32.7. The molecule has 10 nitrogen and oxygen atoms in total. The molecule has 0 saturated heterocycles. The monoisotopic (exact) mass is 660 g/mol. The molecule has 0 radical (unpaired) electrons. The van der Waals surface area contributed by atoms with Crippen LogP contribution in [-0.4, -0.2) is 39.5 Å². The molecule has 2 aromatic carbocycles. The summed E-state index contributed by atoms with van der Waals surface area (Å²) >= 11 is 5.79. The number of nitrogens with two attached hydrogens (primary N) is 1. The van der Waals surface area contributed by atoms with Crippen LogP contribution in [0.2, 0.25) is 5.15 Å². The third-order valence-electron chi connectivity index (χ3n) is 7.96. The zero-order valence-corrected chi connectivity index (χ0v) is 25.3. The first kappa shape index (κ1) is 30.4. The lowest BCUT2D eigenvalue weighted by Gasteiger charge is -2.08. The number of hydrogen-bond donors (Lipinski definition) is 2. The molecule has 47 heavy (non-hydrogen) atoms. The van der Waals surface area contributed by atoms with Gasteiger partial charge in [0.15, 0.2) is 11.0 Å². The Morgan fingerprint density at radius 2 is 1.15 bits per heavy atom. The normalized spacial score (nSPS) is 13.2. The number of benzene rings is 2. The number of imidazole rings is 2. The first-order chi connectivity index (χ1) is 22.8. The molecule has 0 saturated carbocycles. The smallest absolute Gasteiger partial charge is 0.162 e. The van der Waals surface area contributed by atoms with E-state index in [1.807, 2.05) is 9.13 Å². The van der Waals surface area contributed by atoms with E-state index in [2.05, 4.69) is 35.8 Å². The third kappa shape index (κ3) is 5.81. The molecule has 0 aliphatic carbocycles. The van der Waals surface area contributed by atoms with Gasteiger partial charge in [0.1, 0.15) is 57.7 Å². The summed E-state index contributed by atoms with van der Waals surface area (Å²) < 4.78 is 58.9. The largest absolute Gasteiger partial charge is 0.326 e. The van der Waals surface area contributed by atoms with E-state index in [0.717, 1.165) is 62.6 Å². The molecule has 2 aliphatic heterocycles. The van der Waals surface area contributed by atoms with Gasteiger partial charge < -0.3 is 14.6 Å². The molecule has 6 aromatic rings. The maximum absolute atomic E-state index is 14.3. The Labute approximate surface area is 270 Å². The number of halogens is 5. The summed E-state index contributed by atoms with van der Waals surface area (Å²) in [4.78, 5) is 9.11. The highest BCUT2D eigenvalue weighted by Gasteiger charge is 2.27. The number of nitrogens with zero attached hydrogens (tertiary/aromatic N) is 8. The van der Waals surface area contributed by atoms with Crippen LogP contribution in [0.5, 0.6) is 0 Å². The lowest BCUT2D eigenvalue weighted by atomic mass is 10.1. The number of aromatic nitrogens is 8. The average molecular weight is 661 g/mol. The fourth-order valence-corrected chi connectivity index (χ4v) is 5.99. The van der Waals surface area contributed by atoms with Crippen LogP contribution < -0.4 is 11.3 Å². The van der Waals surface area contributed by atoms with Crippen molar-refractivity contribution in [3.63, 3.8) is 0 Å². The number of nitrogens with one attached hydrogen (secondary N) is 1. The summed E-state index contributed by atoms with van der Waals surface area (Å²) in [6.45, 7) is 1.56. The highest BCUT2D eigenvalue weighted by molar-refractivity contribution is 6.29. The quantitative estimate of drug-likeness (QED) is 0.124. The van der Waals surface area contributed by atoms with E-state index >= 15 is 0 Å². The van der Waals surface area contributed by atoms with E-state index in [-0.39, 0.29) is 16.3 Å². The number of nitrogen functional groups attached to an aromatic ring is 1. The number of aryl methyl sites for hydroxylation is 2. The molecule has 4 aromatic heterocycles. The Morgan fingerprint density at radius 3 is 1.57 bits per heavy atom. The van der Waals surface area contributed by atoms with E-state index in [1.165, 1.54) is 24.3 Å². The van der Waals surface area contributed by atoms with Crippen LogP contribution in [0.1, 0.15) is 24.5 Å². The Morgan fingerprint density at radius 1 is 0.638 bits per heavy atom. The SMILES string of the molecule is Fc1ccc(-c2nc3n(c2-c2ccc(Cl)nn2)CCC3)c(F)c1.NNc1ccc(-c2c(-c3ccc(F)cc3F)nc3n2CCC3)nn1. The molecular formula is C32H25ClF4N10. The van der Waals surface area contributed by atoms with Crippen molar-refractivity contribution in [1.82, 2.24) is 39.5 Å². The Hall–Kier alpha value is -5.21. The molecule has 0 bridgehead atoms. The number of rotatable bonds is 5. The van der Waals surface area contributed by atoms with Gasteiger partial charge in [-0.3, -0.25) is 0 Å². The molecule has 3 N–H and O–H groups in total. The van der Waals surface area contributed by atoms with E-state index in [4.69, 9.17) is 17.4 Å².